The first kappa shape index (κ1) is 11.2. The number of nitrogens with one attached hydrogen (secondary N) is 1. The van der Waals surface area contributed by atoms with Crippen molar-refractivity contribution >= 4 is 11.6 Å². The van der Waals surface area contributed by atoms with Gasteiger partial charge in [0.2, 0.25) is 0 Å². The summed E-state index contributed by atoms with van der Waals surface area (Å²) in [5, 5.41) is 0.726. The van der Waals surface area contributed by atoms with Gasteiger partial charge in [0, 0.05) is 10.6 Å². The van der Waals surface area contributed by atoms with E-state index in [1.54, 1.807) is 12.5 Å². The molecule has 4 heteroatoms. The van der Waals surface area contributed by atoms with Crippen molar-refractivity contribution in [3.8, 4) is 0 Å². The van der Waals surface area contributed by atoms with Crippen molar-refractivity contribution in [3.63, 3.8) is 0 Å². The summed E-state index contributed by atoms with van der Waals surface area (Å²) in [6.45, 7) is 2.01. The summed E-state index contributed by atoms with van der Waals surface area (Å²) in [7, 11) is 0. The summed E-state index contributed by atoms with van der Waals surface area (Å²) >= 11 is 5.92. The summed E-state index contributed by atoms with van der Waals surface area (Å²) in [5.41, 5.74) is 5.96. The normalized spacial score (nSPS) is 12.7. The third kappa shape index (κ3) is 2.11. The Morgan fingerprint density at radius 3 is 2.75 bits per heavy atom. The van der Waals surface area contributed by atoms with Crippen LogP contribution in [-0.4, -0.2) is 0 Å². The van der Waals surface area contributed by atoms with Crippen LogP contribution >= 0.6 is 11.6 Å². The average Bonchev–Trinajstić information content (AvgIpc) is 2.75. The first-order chi connectivity index (χ1) is 7.72. The summed E-state index contributed by atoms with van der Waals surface area (Å²) in [5.74, 6) is 5.58. The Labute approximate surface area is 99.2 Å². The van der Waals surface area contributed by atoms with E-state index >= 15 is 0 Å². The standard InChI is InChI=1S/C12H13ClN2O/c1-8-6-10(13)2-3-11(8)12(15-14)9-4-5-16-7-9/h2-7,12,15H,14H2,1H3. The molecule has 84 valence electrons. The number of nitrogens with two attached hydrogens (primary N) is 1. The largest absolute Gasteiger partial charge is 0.472 e. The lowest BCUT2D eigenvalue weighted by Gasteiger charge is -2.17. The molecule has 2 rings (SSSR count). The second-order valence-electron chi connectivity index (χ2n) is 3.66. The molecule has 0 radical (unpaired) electrons. The molecule has 3 nitrogen and oxygen atoms in total. The first-order valence-corrected chi connectivity index (χ1v) is 5.34. The van der Waals surface area contributed by atoms with E-state index in [1.807, 2.05) is 31.2 Å². The van der Waals surface area contributed by atoms with Crippen LogP contribution in [0.25, 0.3) is 0 Å². The molecule has 3 N–H and O–H groups in total. The molecule has 0 saturated heterocycles. The zero-order valence-electron chi connectivity index (χ0n) is 8.91. The minimum Gasteiger partial charge on any atom is -0.472 e. The number of rotatable bonds is 3. The highest BCUT2D eigenvalue weighted by molar-refractivity contribution is 6.30. The van der Waals surface area contributed by atoms with Crippen LogP contribution in [0.5, 0.6) is 0 Å². The second kappa shape index (κ2) is 4.70. The number of furan rings is 1. The third-order valence-corrected chi connectivity index (χ3v) is 2.82. The van der Waals surface area contributed by atoms with Gasteiger partial charge < -0.3 is 4.42 Å². The average molecular weight is 237 g/mol. The van der Waals surface area contributed by atoms with Gasteiger partial charge in [-0.15, -0.1) is 0 Å². The lowest BCUT2D eigenvalue weighted by atomic mass is 9.97. The Balaban J connectivity index is 2.41. The topological polar surface area (TPSA) is 51.2 Å². The fraction of sp³-hybridized carbons (Fsp3) is 0.167. The third-order valence-electron chi connectivity index (χ3n) is 2.59. The highest BCUT2D eigenvalue weighted by Crippen LogP contribution is 2.26. The molecular weight excluding hydrogens is 224 g/mol. The van der Waals surface area contributed by atoms with Gasteiger partial charge >= 0.3 is 0 Å². The maximum absolute atomic E-state index is 5.92. The monoisotopic (exact) mass is 236 g/mol. The molecule has 0 aliphatic rings. The summed E-state index contributed by atoms with van der Waals surface area (Å²) in [4.78, 5) is 0. The van der Waals surface area contributed by atoms with Gasteiger partial charge in [0.25, 0.3) is 0 Å². The number of hydrogen-bond donors (Lipinski definition) is 2. The zero-order valence-corrected chi connectivity index (χ0v) is 9.66. The highest BCUT2D eigenvalue weighted by Gasteiger charge is 2.15. The van der Waals surface area contributed by atoms with Gasteiger partial charge in [0.05, 0.1) is 18.6 Å². The SMILES string of the molecule is Cc1cc(Cl)ccc1C(NN)c1ccoc1. The van der Waals surface area contributed by atoms with E-state index in [4.69, 9.17) is 21.9 Å². The molecule has 1 atom stereocenters. The molecule has 1 unspecified atom stereocenters. The van der Waals surface area contributed by atoms with Gasteiger partial charge in [-0.05, 0) is 36.2 Å². The van der Waals surface area contributed by atoms with Crippen LogP contribution in [0.2, 0.25) is 5.02 Å². The molecule has 0 aliphatic carbocycles. The molecule has 0 aliphatic heterocycles. The van der Waals surface area contributed by atoms with Crippen LogP contribution in [0.4, 0.5) is 0 Å². The Bertz CT molecular complexity index is 468. The van der Waals surface area contributed by atoms with Crippen molar-refractivity contribution in [3.05, 3.63) is 58.5 Å². The van der Waals surface area contributed by atoms with Crippen LogP contribution in [0.15, 0.2) is 41.2 Å². The van der Waals surface area contributed by atoms with Gasteiger partial charge in [-0.25, -0.2) is 5.43 Å². The quantitative estimate of drug-likeness (QED) is 0.637. The van der Waals surface area contributed by atoms with Crippen molar-refractivity contribution in [1.29, 1.82) is 0 Å². The lowest BCUT2D eigenvalue weighted by molar-refractivity contribution is 0.553. The van der Waals surface area contributed by atoms with E-state index in [-0.39, 0.29) is 6.04 Å². The molecule has 1 heterocycles. The van der Waals surface area contributed by atoms with E-state index in [1.165, 1.54) is 0 Å². The van der Waals surface area contributed by atoms with Crippen molar-refractivity contribution in [2.75, 3.05) is 0 Å². The zero-order chi connectivity index (χ0) is 11.5. The van der Waals surface area contributed by atoms with Gasteiger partial charge in [0.1, 0.15) is 0 Å². The highest BCUT2D eigenvalue weighted by atomic mass is 35.5. The molecule has 0 spiro atoms. The molecule has 16 heavy (non-hydrogen) atoms. The number of benzene rings is 1. The molecular formula is C12H13ClN2O. The number of hydrazine groups is 1. The Morgan fingerprint density at radius 2 is 2.19 bits per heavy atom. The fourth-order valence-electron chi connectivity index (χ4n) is 1.77. The predicted octanol–water partition coefficient (Wildman–Crippen LogP) is 2.79. The van der Waals surface area contributed by atoms with Crippen molar-refractivity contribution < 1.29 is 4.42 Å². The maximum atomic E-state index is 5.92. The van der Waals surface area contributed by atoms with Crippen LogP contribution in [0.1, 0.15) is 22.7 Å². The lowest BCUT2D eigenvalue weighted by Crippen LogP contribution is -2.29. The molecule has 1 aromatic heterocycles. The van der Waals surface area contributed by atoms with Crippen LogP contribution in [-0.2, 0) is 0 Å². The summed E-state index contributed by atoms with van der Waals surface area (Å²) in [6, 6.07) is 7.56. The van der Waals surface area contributed by atoms with E-state index in [0.29, 0.717) is 0 Å². The minimum atomic E-state index is -0.0731. The Morgan fingerprint density at radius 1 is 1.38 bits per heavy atom. The first-order valence-electron chi connectivity index (χ1n) is 4.96. The van der Waals surface area contributed by atoms with E-state index < -0.39 is 0 Å². The molecule has 1 aromatic carbocycles. The Hall–Kier alpha value is -1.29. The molecule has 0 fully saturated rings. The van der Waals surface area contributed by atoms with Crippen molar-refractivity contribution in [2.24, 2.45) is 5.84 Å². The minimum absolute atomic E-state index is 0.0731. The van der Waals surface area contributed by atoms with Gasteiger partial charge in [-0.3, -0.25) is 5.84 Å². The molecule has 2 aromatic rings. The van der Waals surface area contributed by atoms with Crippen LogP contribution < -0.4 is 11.3 Å². The van der Waals surface area contributed by atoms with E-state index in [0.717, 1.165) is 21.7 Å². The van der Waals surface area contributed by atoms with Crippen LogP contribution in [0, 0.1) is 6.92 Å². The molecule has 0 amide bonds. The summed E-state index contributed by atoms with van der Waals surface area (Å²) in [6.07, 6.45) is 3.31. The van der Waals surface area contributed by atoms with E-state index in [9.17, 15) is 0 Å². The van der Waals surface area contributed by atoms with Gasteiger partial charge in [-0.2, -0.15) is 0 Å². The van der Waals surface area contributed by atoms with Crippen molar-refractivity contribution in [1.82, 2.24) is 5.43 Å². The van der Waals surface area contributed by atoms with Gasteiger partial charge in [0.15, 0.2) is 0 Å². The predicted molar refractivity (Wildman–Crippen MR) is 64.1 cm³/mol. The maximum Gasteiger partial charge on any atom is 0.0954 e. The van der Waals surface area contributed by atoms with Crippen molar-refractivity contribution in [2.45, 2.75) is 13.0 Å². The number of hydrogen-bond acceptors (Lipinski definition) is 3. The fourth-order valence-corrected chi connectivity index (χ4v) is 1.99. The molecule has 0 bridgehead atoms. The van der Waals surface area contributed by atoms with Gasteiger partial charge in [-0.1, -0.05) is 17.7 Å². The smallest absolute Gasteiger partial charge is 0.0954 e. The summed E-state index contributed by atoms with van der Waals surface area (Å²) < 4.78 is 5.06. The number of aryl methyl sites for hydroxylation is 1. The van der Waals surface area contributed by atoms with Crippen LogP contribution in [0.3, 0.4) is 0 Å². The van der Waals surface area contributed by atoms with E-state index in [2.05, 4.69) is 5.43 Å². The Kier molecular flexibility index (Phi) is 3.29. The number of halogens is 1. The second-order valence-corrected chi connectivity index (χ2v) is 4.09. The molecule has 0 saturated carbocycles.